The minimum absolute atomic E-state index is 0.0538. The summed E-state index contributed by atoms with van der Waals surface area (Å²) in [6.07, 6.45) is 0. The number of anilines is 1. The van der Waals surface area contributed by atoms with Gasteiger partial charge in [0.2, 0.25) is 10.0 Å². The molecule has 1 heterocycles. The monoisotopic (exact) mass is 436 g/mol. The average molecular weight is 436 g/mol. The molecule has 1 fully saturated rings. The Morgan fingerprint density at radius 3 is 2.33 bits per heavy atom. The van der Waals surface area contributed by atoms with Crippen LogP contribution in [0.15, 0.2) is 41.3 Å². The highest BCUT2D eigenvalue weighted by molar-refractivity contribution is 7.89. The molecule has 1 saturated heterocycles. The predicted molar refractivity (Wildman–Crippen MR) is 110 cm³/mol. The van der Waals surface area contributed by atoms with E-state index in [1.165, 1.54) is 43.8 Å². The second-order valence-corrected chi connectivity index (χ2v) is 8.31. The van der Waals surface area contributed by atoms with E-state index in [1.807, 2.05) is 0 Å². The van der Waals surface area contributed by atoms with E-state index in [2.05, 4.69) is 5.32 Å². The fourth-order valence-corrected chi connectivity index (χ4v) is 4.57. The molecule has 2 aromatic carbocycles. The molecular formula is C20H24N2O7S. The molecule has 30 heavy (non-hydrogen) atoms. The molecule has 0 unspecified atom stereocenters. The summed E-state index contributed by atoms with van der Waals surface area (Å²) in [6.45, 7) is 1.23. The third-order valence-electron chi connectivity index (χ3n) is 4.67. The fourth-order valence-electron chi connectivity index (χ4n) is 3.14. The van der Waals surface area contributed by atoms with Crippen molar-refractivity contribution in [2.24, 2.45) is 0 Å². The molecule has 0 spiro atoms. The molecule has 1 N–H and O–H groups in total. The van der Waals surface area contributed by atoms with Gasteiger partial charge < -0.3 is 24.3 Å². The van der Waals surface area contributed by atoms with E-state index in [1.54, 1.807) is 18.2 Å². The lowest BCUT2D eigenvalue weighted by Crippen LogP contribution is -2.40. The second kappa shape index (κ2) is 9.33. The van der Waals surface area contributed by atoms with Gasteiger partial charge in [-0.25, -0.2) is 8.42 Å². The Morgan fingerprint density at radius 2 is 1.70 bits per heavy atom. The van der Waals surface area contributed by atoms with E-state index in [-0.39, 0.29) is 35.0 Å². The van der Waals surface area contributed by atoms with Gasteiger partial charge in [0, 0.05) is 13.1 Å². The number of hydrogen-bond acceptors (Lipinski definition) is 7. The van der Waals surface area contributed by atoms with E-state index in [0.717, 1.165) is 0 Å². The van der Waals surface area contributed by atoms with Crippen LogP contribution in [0.3, 0.4) is 0 Å². The number of nitrogens with one attached hydrogen (secondary N) is 1. The summed E-state index contributed by atoms with van der Waals surface area (Å²) in [5, 5.41) is 2.71. The summed E-state index contributed by atoms with van der Waals surface area (Å²) in [7, 11) is 0.616. The van der Waals surface area contributed by atoms with E-state index < -0.39 is 15.9 Å². The summed E-state index contributed by atoms with van der Waals surface area (Å²) in [6, 6.07) is 9.25. The Balaban J connectivity index is 1.94. The molecule has 10 heteroatoms. The van der Waals surface area contributed by atoms with Crippen LogP contribution in [0.2, 0.25) is 0 Å². The van der Waals surface area contributed by atoms with Crippen molar-refractivity contribution in [3.8, 4) is 17.2 Å². The van der Waals surface area contributed by atoms with Crippen molar-refractivity contribution in [2.45, 2.75) is 4.90 Å². The van der Waals surface area contributed by atoms with Crippen LogP contribution in [0.1, 0.15) is 10.4 Å². The first-order chi connectivity index (χ1) is 14.4. The second-order valence-electron chi connectivity index (χ2n) is 6.37. The summed E-state index contributed by atoms with van der Waals surface area (Å²) in [4.78, 5) is 13.0. The first-order valence-electron chi connectivity index (χ1n) is 9.20. The Labute approximate surface area is 175 Å². The maximum Gasteiger partial charge on any atom is 0.259 e. The minimum Gasteiger partial charge on any atom is -0.495 e. The van der Waals surface area contributed by atoms with Gasteiger partial charge in [0.15, 0.2) is 11.5 Å². The van der Waals surface area contributed by atoms with E-state index in [9.17, 15) is 13.2 Å². The summed E-state index contributed by atoms with van der Waals surface area (Å²) < 4.78 is 48.3. The highest BCUT2D eigenvalue weighted by Crippen LogP contribution is 2.33. The molecule has 0 aliphatic carbocycles. The number of para-hydroxylation sites is 1. The van der Waals surface area contributed by atoms with Gasteiger partial charge in [0.1, 0.15) is 5.75 Å². The first kappa shape index (κ1) is 21.9. The maximum atomic E-state index is 13.0. The zero-order valence-electron chi connectivity index (χ0n) is 17.0. The summed E-state index contributed by atoms with van der Waals surface area (Å²) in [5.74, 6) is 0.505. The Morgan fingerprint density at radius 1 is 1.00 bits per heavy atom. The van der Waals surface area contributed by atoms with Gasteiger partial charge in [-0.3, -0.25) is 4.79 Å². The lowest BCUT2D eigenvalue weighted by molar-refractivity contribution is 0.0730. The third kappa shape index (κ3) is 4.35. The molecule has 0 saturated carbocycles. The molecule has 1 aliphatic heterocycles. The van der Waals surface area contributed by atoms with Crippen LogP contribution < -0.4 is 19.5 Å². The van der Waals surface area contributed by atoms with E-state index in [0.29, 0.717) is 24.7 Å². The molecule has 1 aliphatic rings. The van der Waals surface area contributed by atoms with Gasteiger partial charge in [-0.1, -0.05) is 6.07 Å². The highest BCUT2D eigenvalue weighted by atomic mass is 32.2. The average Bonchev–Trinajstić information content (AvgIpc) is 2.78. The SMILES string of the molecule is COc1ccc(S(=O)(=O)N2CCOCC2)cc1NC(=O)c1cccc(OC)c1OC. The van der Waals surface area contributed by atoms with Crippen LogP contribution in [-0.2, 0) is 14.8 Å². The van der Waals surface area contributed by atoms with Crippen LogP contribution in [0, 0.1) is 0 Å². The number of amides is 1. The lowest BCUT2D eigenvalue weighted by Gasteiger charge is -2.26. The molecule has 162 valence electrons. The molecule has 0 radical (unpaired) electrons. The Hall–Kier alpha value is -2.82. The van der Waals surface area contributed by atoms with Crippen LogP contribution in [-0.4, -0.2) is 66.3 Å². The van der Waals surface area contributed by atoms with Crippen LogP contribution >= 0.6 is 0 Å². The van der Waals surface area contributed by atoms with Crippen molar-refractivity contribution in [2.75, 3.05) is 52.9 Å². The normalized spacial score (nSPS) is 14.8. The highest BCUT2D eigenvalue weighted by Gasteiger charge is 2.27. The molecule has 3 rings (SSSR count). The Kier molecular flexibility index (Phi) is 6.80. The molecule has 9 nitrogen and oxygen atoms in total. The largest absolute Gasteiger partial charge is 0.495 e. The number of hydrogen-bond donors (Lipinski definition) is 1. The first-order valence-corrected chi connectivity index (χ1v) is 10.6. The molecule has 0 bridgehead atoms. The minimum atomic E-state index is -3.73. The zero-order chi connectivity index (χ0) is 21.7. The van der Waals surface area contributed by atoms with Crippen molar-refractivity contribution in [3.63, 3.8) is 0 Å². The maximum absolute atomic E-state index is 13.0. The van der Waals surface area contributed by atoms with Gasteiger partial charge in [0.25, 0.3) is 5.91 Å². The summed E-state index contributed by atoms with van der Waals surface area (Å²) >= 11 is 0. The van der Waals surface area contributed by atoms with Gasteiger partial charge in [-0.15, -0.1) is 0 Å². The van der Waals surface area contributed by atoms with Crippen molar-refractivity contribution in [1.29, 1.82) is 0 Å². The van der Waals surface area contributed by atoms with Gasteiger partial charge in [-0.05, 0) is 30.3 Å². The summed E-state index contributed by atoms with van der Waals surface area (Å²) in [5.41, 5.74) is 0.460. The van der Waals surface area contributed by atoms with E-state index in [4.69, 9.17) is 18.9 Å². The number of sulfonamides is 1. The Bertz CT molecular complexity index is 1020. The number of nitrogens with zero attached hydrogens (tertiary/aromatic N) is 1. The smallest absolute Gasteiger partial charge is 0.259 e. The van der Waals surface area contributed by atoms with Gasteiger partial charge in [-0.2, -0.15) is 4.31 Å². The molecule has 0 atom stereocenters. The van der Waals surface area contributed by atoms with Crippen LogP contribution in [0.25, 0.3) is 0 Å². The lowest BCUT2D eigenvalue weighted by atomic mass is 10.1. The topological polar surface area (TPSA) is 103 Å². The number of carbonyl (C=O) groups excluding carboxylic acids is 1. The van der Waals surface area contributed by atoms with Crippen molar-refractivity contribution in [3.05, 3.63) is 42.0 Å². The molecule has 0 aromatic heterocycles. The van der Waals surface area contributed by atoms with Crippen molar-refractivity contribution in [1.82, 2.24) is 4.31 Å². The third-order valence-corrected chi connectivity index (χ3v) is 6.57. The molecular weight excluding hydrogens is 412 g/mol. The molecule has 2 aromatic rings. The number of methoxy groups -OCH3 is 3. The molecule has 1 amide bonds. The van der Waals surface area contributed by atoms with Gasteiger partial charge in [0.05, 0.1) is 50.7 Å². The predicted octanol–water partition coefficient (Wildman–Crippen LogP) is 1.99. The standard InChI is InChI=1S/C20H24N2O7S/c1-26-17-8-7-14(30(24,25)22-9-11-29-12-10-22)13-16(17)21-20(23)15-5-4-6-18(27-2)19(15)28-3/h4-8,13H,9-12H2,1-3H3,(H,21,23). The quantitative estimate of drug-likeness (QED) is 0.708. The van der Waals surface area contributed by atoms with Crippen molar-refractivity contribution < 1.29 is 32.2 Å². The number of carbonyl (C=O) groups is 1. The number of benzene rings is 2. The van der Waals surface area contributed by atoms with Crippen LogP contribution in [0.4, 0.5) is 5.69 Å². The number of rotatable bonds is 7. The van der Waals surface area contributed by atoms with E-state index >= 15 is 0 Å². The fraction of sp³-hybridized carbons (Fsp3) is 0.350. The van der Waals surface area contributed by atoms with Gasteiger partial charge >= 0.3 is 0 Å². The van der Waals surface area contributed by atoms with Crippen molar-refractivity contribution >= 4 is 21.6 Å². The number of ether oxygens (including phenoxy) is 4. The zero-order valence-corrected chi connectivity index (χ0v) is 17.8. The van der Waals surface area contributed by atoms with Crippen LogP contribution in [0.5, 0.6) is 17.2 Å². The number of morpholine rings is 1.